The Balaban J connectivity index is 1.95. The number of rotatable bonds is 8. The van der Waals surface area contributed by atoms with Gasteiger partial charge in [0.15, 0.2) is 0 Å². The average Bonchev–Trinajstić information content (AvgIpc) is 2.55. The number of carboxylic acids is 1. The molecule has 1 atom stereocenters. The van der Waals surface area contributed by atoms with Crippen LogP contribution < -0.4 is 5.32 Å². The molecule has 2 N–H and O–H groups in total. The molecule has 0 heterocycles. The molecule has 2 aromatic rings. The Hall–Kier alpha value is -1.88. The van der Waals surface area contributed by atoms with Gasteiger partial charge >= 0.3 is 5.97 Å². The molecule has 0 radical (unpaired) electrons. The number of hydrogen-bond donors (Lipinski definition) is 2. The number of aromatic carboxylic acids is 1. The van der Waals surface area contributed by atoms with Gasteiger partial charge in [0, 0.05) is 31.1 Å². The minimum absolute atomic E-state index is 0.208. The second-order valence-electron chi connectivity index (χ2n) is 5.34. The molecular weight excluding hydrogens is 314 g/mol. The van der Waals surface area contributed by atoms with Crippen molar-refractivity contribution in [1.29, 1.82) is 0 Å². The number of benzene rings is 2. The van der Waals surface area contributed by atoms with E-state index in [-0.39, 0.29) is 5.92 Å². The summed E-state index contributed by atoms with van der Waals surface area (Å²) in [6.07, 6.45) is 0. The zero-order valence-electron chi connectivity index (χ0n) is 13.0. The molecule has 2 aromatic carbocycles. The summed E-state index contributed by atoms with van der Waals surface area (Å²) in [5.74, 6) is -0.704. The van der Waals surface area contributed by atoms with Crippen molar-refractivity contribution in [2.45, 2.75) is 12.5 Å². The maximum absolute atomic E-state index is 11.0. The Morgan fingerprint density at radius 3 is 2.65 bits per heavy atom. The monoisotopic (exact) mass is 333 g/mol. The van der Waals surface area contributed by atoms with Gasteiger partial charge in [-0.1, -0.05) is 35.9 Å². The minimum Gasteiger partial charge on any atom is -0.478 e. The molecule has 0 bridgehead atoms. The number of ether oxygens (including phenoxy) is 1. The molecule has 2 rings (SSSR count). The summed E-state index contributed by atoms with van der Waals surface area (Å²) in [4.78, 5) is 11.0. The Morgan fingerprint density at radius 1 is 1.26 bits per heavy atom. The normalized spacial score (nSPS) is 12.1. The second kappa shape index (κ2) is 8.67. The van der Waals surface area contributed by atoms with Gasteiger partial charge in [0.25, 0.3) is 0 Å². The SMILES string of the molecule is COCC(CNCc1cccc(C(=O)O)c1)c1ccc(Cl)cc1. The van der Waals surface area contributed by atoms with E-state index < -0.39 is 5.97 Å². The first-order valence-corrected chi connectivity index (χ1v) is 7.75. The fourth-order valence-corrected chi connectivity index (χ4v) is 2.54. The molecule has 0 spiro atoms. The Labute approximate surface area is 141 Å². The number of hydrogen-bond acceptors (Lipinski definition) is 3. The molecule has 1 unspecified atom stereocenters. The summed E-state index contributed by atoms with van der Waals surface area (Å²) < 4.78 is 5.29. The van der Waals surface area contributed by atoms with E-state index >= 15 is 0 Å². The standard InChI is InChI=1S/C18H20ClNO3/c1-23-12-16(14-5-7-17(19)8-6-14)11-20-10-13-3-2-4-15(9-13)18(21)22/h2-9,16,20H,10-12H2,1H3,(H,21,22). The van der Waals surface area contributed by atoms with Gasteiger partial charge < -0.3 is 15.2 Å². The van der Waals surface area contributed by atoms with E-state index in [1.54, 1.807) is 25.3 Å². The number of halogens is 1. The topological polar surface area (TPSA) is 58.6 Å². The molecule has 23 heavy (non-hydrogen) atoms. The van der Waals surface area contributed by atoms with Crippen LogP contribution >= 0.6 is 11.6 Å². The zero-order chi connectivity index (χ0) is 16.7. The molecule has 0 amide bonds. The molecule has 0 saturated heterocycles. The van der Waals surface area contributed by atoms with E-state index in [1.165, 1.54) is 0 Å². The molecule has 0 aliphatic rings. The lowest BCUT2D eigenvalue weighted by Gasteiger charge is -2.17. The van der Waals surface area contributed by atoms with Crippen LogP contribution in [0.5, 0.6) is 0 Å². The quantitative estimate of drug-likeness (QED) is 0.775. The van der Waals surface area contributed by atoms with Crippen molar-refractivity contribution >= 4 is 17.6 Å². The van der Waals surface area contributed by atoms with Gasteiger partial charge in [0.1, 0.15) is 0 Å². The summed E-state index contributed by atoms with van der Waals surface area (Å²) in [7, 11) is 1.68. The van der Waals surface area contributed by atoms with Crippen molar-refractivity contribution in [3.05, 3.63) is 70.2 Å². The van der Waals surface area contributed by atoms with Crippen molar-refractivity contribution in [3.63, 3.8) is 0 Å². The highest BCUT2D eigenvalue weighted by Crippen LogP contribution is 2.18. The van der Waals surface area contributed by atoms with Crippen LogP contribution in [0.1, 0.15) is 27.4 Å². The van der Waals surface area contributed by atoms with Gasteiger partial charge in [0.2, 0.25) is 0 Å². The van der Waals surface area contributed by atoms with Crippen LogP contribution in [0, 0.1) is 0 Å². The summed E-state index contributed by atoms with van der Waals surface area (Å²) in [6, 6.07) is 14.7. The molecule has 122 valence electrons. The van der Waals surface area contributed by atoms with Crippen LogP contribution in [-0.4, -0.2) is 31.3 Å². The van der Waals surface area contributed by atoms with Crippen molar-refractivity contribution in [3.8, 4) is 0 Å². The van der Waals surface area contributed by atoms with Gasteiger partial charge in [-0.15, -0.1) is 0 Å². The molecule has 0 aliphatic heterocycles. The van der Waals surface area contributed by atoms with Gasteiger partial charge in [-0.2, -0.15) is 0 Å². The summed E-state index contributed by atoms with van der Waals surface area (Å²) in [6.45, 7) is 1.94. The maximum Gasteiger partial charge on any atom is 0.335 e. The first-order chi connectivity index (χ1) is 11.1. The maximum atomic E-state index is 11.0. The number of nitrogens with one attached hydrogen (secondary N) is 1. The van der Waals surface area contributed by atoms with E-state index in [0.717, 1.165) is 17.7 Å². The van der Waals surface area contributed by atoms with Gasteiger partial charge in [-0.25, -0.2) is 4.79 Å². The van der Waals surface area contributed by atoms with Gasteiger partial charge in [-0.05, 0) is 35.4 Å². The molecule has 0 aliphatic carbocycles. The van der Waals surface area contributed by atoms with Crippen LogP contribution in [0.2, 0.25) is 5.02 Å². The lowest BCUT2D eigenvalue weighted by Crippen LogP contribution is -2.24. The first-order valence-electron chi connectivity index (χ1n) is 7.37. The molecule has 0 saturated carbocycles. The Bertz CT molecular complexity index is 643. The van der Waals surface area contributed by atoms with Crippen molar-refractivity contribution in [2.24, 2.45) is 0 Å². The molecule has 0 fully saturated rings. The smallest absolute Gasteiger partial charge is 0.335 e. The number of carboxylic acid groups (broad SMARTS) is 1. The van der Waals surface area contributed by atoms with E-state index in [1.807, 2.05) is 30.3 Å². The predicted molar refractivity (Wildman–Crippen MR) is 91.2 cm³/mol. The Morgan fingerprint density at radius 2 is 2.00 bits per heavy atom. The van der Waals surface area contributed by atoms with Crippen molar-refractivity contribution in [2.75, 3.05) is 20.3 Å². The lowest BCUT2D eigenvalue weighted by molar-refractivity contribution is 0.0696. The summed E-state index contributed by atoms with van der Waals surface area (Å²) in [5, 5.41) is 13.1. The largest absolute Gasteiger partial charge is 0.478 e. The lowest BCUT2D eigenvalue weighted by atomic mass is 10.00. The highest BCUT2D eigenvalue weighted by atomic mass is 35.5. The van der Waals surface area contributed by atoms with Crippen LogP contribution in [0.3, 0.4) is 0 Å². The fraction of sp³-hybridized carbons (Fsp3) is 0.278. The Kier molecular flexibility index (Phi) is 6.59. The molecule has 4 nitrogen and oxygen atoms in total. The third-order valence-corrected chi connectivity index (χ3v) is 3.86. The van der Waals surface area contributed by atoms with E-state index in [9.17, 15) is 4.79 Å². The van der Waals surface area contributed by atoms with E-state index in [2.05, 4.69) is 5.32 Å². The van der Waals surface area contributed by atoms with Crippen LogP contribution in [0.4, 0.5) is 0 Å². The van der Waals surface area contributed by atoms with Gasteiger partial charge in [-0.3, -0.25) is 0 Å². The van der Waals surface area contributed by atoms with E-state index in [0.29, 0.717) is 23.7 Å². The third-order valence-electron chi connectivity index (χ3n) is 3.60. The molecule has 5 heteroatoms. The zero-order valence-corrected chi connectivity index (χ0v) is 13.7. The average molecular weight is 334 g/mol. The van der Waals surface area contributed by atoms with Crippen LogP contribution in [0.25, 0.3) is 0 Å². The van der Waals surface area contributed by atoms with Crippen LogP contribution in [0.15, 0.2) is 48.5 Å². The highest BCUT2D eigenvalue weighted by Gasteiger charge is 2.11. The second-order valence-corrected chi connectivity index (χ2v) is 5.78. The third kappa shape index (κ3) is 5.36. The first kappa shape index (κ1) is 17.5. The highest BCUT2D eigenvalue weighted by molar-refractivity contribution is 6.30. The summed E-state index contributed by atoms with van der Waals surface area (Å²) >= 11 is 5.92. The number of methoxy groups -OCH3 is 1. The molecular formula is C18H20ClNO3. The predicted octanol–water partition coefficient (Wildman–Crippen LogP) is 3.56. The number of carbonyl (C=O) groups is 1. The fourth-order valence-electron chi connectivity index (χ4n) is 2.41. The van der Waals surface area contributed by atoms with Crippen LogP contribution in [-0.2, 0) is 11.3 Å². The molecule has 0 aromatic heterocycles. The minimum atomic E-state index is -0.912. The van der Waals surface area contributed by atoms with Gasteiger partial charge in [0.05, 0.1) is 12.2 Å². The van der Waals surface area contributed by atoms with E-state index in [4.69, 9.17) is 21.4 Å². The summed E-state index contributed by atoms with van der Waals surface area (Å²) in [5.41, 5.74) is 2.40. The van der Waals surface area contributed by atoms with Crippen molar-refractivity contribution < 1.29 is 14.6 Å². The van der Waals surface area contributed by atoms with Crippen molar-refractivity contribution in [1.82, 2.24) is 5.32 Å².